The molecule has 0 aliphatic carbocycles. The molecule has 0 saturated carbocycles. The van der Waals surface area contributed by atoms with Crippen LogP contribution in [0.4, 0.5) is 5.82 Å². The highest BCUT2D eigenvalue weighted by Gasteiger charge is 2.26. The molecule has 6 nitrogen and oxygen atoms in total. The Morgan fingerprint density at radius 1 is 1.14 bits per heavy atom. The standard InChI is InChI=1S/C22H22ClN5O/c23-19-7-5-17(6-8-19)20-9-10-21(27-26-20)28-12-2-4-18(15-28)22(29)25-14-16-3-1-11-24-13-16/h1,3,5-11,13,18H,2,4,12,14-15H2,(H,25,29). The number of carbonyl (C=O) groups excluding carboxylic acids is 1. The molecular formula is C22H22ClN5O. The molecule has 4 rings (SSSR count). The van der Waals surface area contributed by atoms with Crippen molar-refractivity contribution in [2.75, 3.05) is 18.0 Å². The number of pyridine rings is 1. The van der Waals surface area contributed by atoms with Crippen molar-refractivity contribution in [3.63, 3.8) is 0 Å². The summed E-state index contributed by atoms with van der Waals surface area (Å²) in [4.78, 5) is 18.8. The Bertz CT molecular complexity index is 947. The van der Waals surface area contributed by atoms with Crippen LogP contribution >= 0.6 is 11.6 Å². The third-order valence-corrected chi connectivity index (χ3v) is 5.35. The molecule has 3 heterocycles. The average Bonchev–Trinajstić information content (AvgIpc) is 2.79. The van der Waals surface area contributed by atoms with Gasteiger partial charge in [-0.1, -0.05) is 29.8 Å². The van der Waals surface area contributed by atoms with Crippen molar-refractivity contribution in [1.29, 1.82) is 0 Å². The maximum absolute atomic E-state index is 12.6. The Balaban J connectivity index is 1.37. The first-order valence-corrected chi connectivity index (χ1v) is 10.1. The zero-order chi connectivity index (χ0) is 20.1. The number of carbonyl (C=O) groups is 1. The molecular weight excluding hydrogens is 386 g/mol. The normalized spacial score (nSPS) is 16.4. The molecule has 1 unspecified atom stereocenters. The van der Waals surface area contributed by atoms with Crippen LogP contribution in [0, 0.1) is 5.92 Å². The number of benzene rings is 1. The molecule has 29 heavy (non-hydrogen) atoms. The van der Waals surface area contributed by atoms with Gasteiger partial charge in [0, 0.05) is 42.6 Å². The van der Waals surface area contributed by atoms with Crippen LogP contribution in [-0.2, 0) is 11.3 Å². The SMILES string of the molecule is O=C(NCc1cccnc1)C1CCCN(c2ccc(-c3ccc(Cl)cc3)nn2)C1. The van der Waals surface area contributed by atoms with E-state index in [4.69, 9.17) is 11.6 Å². The number of halogens is 1. The van der Waals surface area contributed by atoms with Gasteiger partial charge in [0.25, 0.3) is 0 Å². The summed E-state index contributed by atoms with van der Waals surface area (Å²) in [7, 11) is 0. The second kappa shape index (κ2) is 9.01. The summed E-state index contributed by atoms with van der Waals surface area (Å²) in [5, 5.41) is 12.5. The number of aromatic nitrogens is 3. The molecule has 1 saturated heterocycles. The Kier molecular flexibility index (Phi) is 6.00. The van der Waals surface area contributed by atoms with Gasteiger partial charge >= 0.3 is 0 Å². The molecule has 1 fully saturated rings. The van der Waals surface area contributed by atoms with E-state index < -0.39 is 0 Å². The fourth-order valence-electron chi connectivity index (χ4n) is 3.50. The number of nitrogens with zero attached hydrogens (tertiary/aromatic N) is 4. The number of rotatable bonds is 5. The third-order valence-electron chi connectivity index (χ3n) is 5.10. The lowest BCUT2D eigenvalue weighted by Gasteiger charge is -2.32. The summed E-state index contributed by atoms with van der Waals surface area (Å²) in [5.74, 6) is 0.815. The molecule has 0 spiro atoms. The van der Waals surface area contributed by atoms with E-state index in [1.165, 1.54) is 0 Å². The van der Waals surface area contributed by atoms with Gasteiger partial charge in [0.2, 0.25) is 5.91 Å². The summed E-state index contributed by atoms with van der Waals surface area (Å²) >= 11 is 5.94. The quantitative estimate of drug-likeness (QED) is 0.697. The summed E-state index contributed by atoms with van der Waals surface area (Å²) in [5.41, 5.74) is 2.77. The number of nitrogens with one attached hydrogen (secondary N) is 1. The van der Waals surface area contributed by atoms with E-state index in [0.29, 0.717) is 18.1 Å². The predicted octanol–water partition coefficient (Wildman–Crippen LogP) is 3.72. The number of hydrogen-bond acceptors (Lipinski definition) is 5. The minimum Gasteiger partial charge on any atom is -0.354 e. The van der Waals surface area contributed by atoms with Crippen molar-refractivity contribution in [2.24, 2.45) is 5.92 Å². The van der Waals surface area contributed by atoms with Crippen molar-refractivity contribution >= 4 is 23.3 Å². The van der Waals surface area contributed by atoms with Gasteiger partial charge in [0.05, 0.1) is 11.6 Å². The van der Waals surface area contributed by atoms with Gasteiger partial charge in [-0.15, -0.1) is 10.2 Å². The van der Waals surface area contributed by atoms with Gasteiger partial charge in [0.1, 0.15) is 0 Å². The smallest absolute Gasteiger partial charge is 0.225 e. The number of hydrogen-bond donors (Lipinski definition) is 1. The average molecular weight is 408 g/mol. The monoisotopic (exact) mass is 407 g/mol. The Hall–Kier alpha value is -2.99. The fraction of sp³-hybridized carbons (Fsp3) is 0.273. The lowest BCUT2D eigenvalue weighted by molar-refractivity contribution is -0.125. The Morgan fingerprint density at radius 3 is 2.72 bits per heavy atom. The lowest BCUT2D eigenvalue weighted by Crippen LogP contribution is -2.43. The van der Waals surface area contributed by atoms with E-state index in [9.17, 15) is 4.79 Å². The predicted molar refractivity (Wildman–Crippen MR) is 113 cm³/mol. The minimum absolute atomic E-state index is 0.0573. The zero-order valence-corrected chi connectivity index (χ0v) is 16.7. The fourth-order valence-corrected chi connectivity index (χ4v) is 3.63. The zero-order valence-electron chi connectivity index (χ0n) is 16.0. The molecule has 0 radical (unpaired) electrons. The molecule has 1 aromatic carbocycles. The molecule has 1 aliphatic heterocycles. The van der Waals surface area contributed by atoms with Crippen molar-refractivity contribution in [2.45, 2.75) is 19.4 Å². The first kappa shape index (κ1) is 19.3. The van der Waals surface area contributed by atoms with E-state index in [1.807, 2.05) is 48.5 Å². The molecule has 2 aromatic heterocycles. The van der Waals surface area contributed by atoms with Crippen molar-refractivity contribution in [3.05, 3.63) is 71.5 Å². The van der Waals surface area contributed by atoms with Gasteiger partial charge in [0.15, 0.2) is 5.82 Å². The van der Waals surface area contributed by atoms with Gasteiger partial charge in [-0.25, -0.2) is 0 Å². The molecule has 3 aromatic rings. The van der Waals surface area contributed by atoms with E-state index in [2.05, 4.69) is 25.4 Å². The van der Waals surface area contributed by atoms with Crippen LogP contribution in [-0.4, -0.2) is 34.2 Å². The van der Waals surface area contributed by atoms with Crippen LogP contribution in [0.15, 0.2) is 60.9 Å². The summed E-state index contributed by atoms with van der Waals surface area (Å²) in [6.45, 7) is 2.02. The first-order valence-electron chi connectivity index (χ1n) is 9.70. The Morgan fingerprint density at radius 2 is 2.00 bits per heavy atom. The van der Waals surface area contributed by atoms with E-state index >= 15 is 0 Å². The highest BCUT2D eigenvalue weighted by molar-refractivity contribution is 6.30. The molecule has 1 atom stereocenters. The minimum atomic E-state index is -0.0573. The molecule has 1 aliphatic rings. The van der Waals surface area contributed by atoms with Gasteiger partial charge in [-0.2, -0.15) is 0 Å². The summed E-state index contributed by atoms with van der Waals surface area (Å²) in [6, 6.07) is 15.3. The van der Waals surface area contributed by atoms with Crippen LogP contribution in [0.5, 0.6) is 0 Å². The summed E-state index contributed by atoms with van der Waals surface area (Å²) in [6.07, 6.45) is 5.33. The maximum atomic E-state index is 12.6. The maximum Gasteiger partial charge on any atom is 0.225 e. The largest absolute Gasteiger partial charge is 0.354 e. The molecule has 7 heteroatoms. The highest BCUT2D eigenvalue weighted by Crippen LogP contribution is 2.24. The van der Waals surface area contributed by atoms with Gasteiger partial charge in [-0.3, -0.25) is 9.78 Å². The molecule has 1 amide bonds. The molecule has 1 N–H and O–H groups in total. The third kappa shape index (κ3) is 4.90. The van der Waals surface area contributed by atoms with Crippen molar-refractivity contribution in [1.82, 2.24) is 20.5 Å². The van der Waals surface area contributed by atoms with Crippen molar-refractivity contribution in [3.8, 4) is 11.3 Å². The van der Waals surface area contributed by atoms with E-state index in [1.54, 1.807) is 12.4 Å². The van der Waals surface area contributed by atoms with Gasteiger partial charge in [-0.05, 0) is 48.7 Å². The van der Waals surface area contributed by atoms with Crippen LogP contribution < -0.4 is 10.2 Å². The van der Waals surface area contributed by atoms with Crippen LogP contribution in [0.1, 0.15) is 18.4 Å². The lowest BCUT2D eigenvalue weighted by atomic mass is 9.97. The number of anilines is 1. The first-order chi connectivity index (χ1) is 14.2. The Labute approximate surface area is 174 Å². The highest BCUT2D eigenvalue weighted by atomic mass is 35.5. The van der Waals surface area contributed by atoms with E-state index in [0.717, 1.165) is 42.0 Å². The van der Waals surface area contributed by atoms with Gasteiger partial charge < -0.3 is 10.2 Å². The second-order valence-electron chi connectivity index (χ2n) is 7.15. The molecule has 148 valence electrons. The molecule has 0 bridgehead atoms. The summed E-state index contributed by atoms with van der Waals surface area (Å²) < 4.78 is 0. The van der Waals surface area contributed by atoms with E-state index in [-0.39, 0.29) is 11.8 Å². The van der Waals surface area contributed by atoms with Crippen LogP contribution in [0.25, 0.3) is 11.3 Å². The van der Waals surface area contributed by atoms with Crippen LogP contribution in [0.3, 0.4) is 0 Å². The topological polar surface area (TPSA) is 71.0 Å². The second-order valence-corrected chi connectivity index (χ2v) is 7.58. The van der Waals surface area contributed by atoms with Crippen LogP contribution in [0.2, 0.25) is 5.02 Å². The number of piperidine rings is 1. The van der Waals surface area contributed by atoms with Crippen molar-refractivity contribution < 1.29 is 4.79 Å². The number of amides is 1.